The zero-order valence-corrected chi connectivity index (χ0v) is 11.3. The Morgan fingerprint density at radius 1 is 1.00 bits per heavy atom. The van der Waals surface area contributed by atoms with E-state index in [1.165, 1.54) is 0 Å². The van der Waals surface area contributed by atoms with Crippen LogP contribution in [-0.4, -0.2) is 6.54 Å². The molecule has 96 valence electrons. The molecule has 0 aliphatic carbocycles. The third-order valence-corrected chi connectivity index (χ3v) is 3.80. The summed E-state index contributed by atoms with van der Waals surface area (Å²) in [4.78, 5) is 12.1. The van der Waals surface area contributed by atoms with Crippen molar-refractivity contribution in [3.05, 3.63) is 71.4 Å². The summed E-state index contributed by atoms with van der Waals surface area (Å²) >= 11 is 1.67. The highest BCUT2D eigenvalue weighted by molar-refractivity contribution is 7.24. The summed E-state index contributed by atoms with van der Waals surface area (Å²) in [6.45, 7) is 3.94. The highest BCUT2D eigenvalue weighted by Crippen LogP contribution is 2.23. The Balaban J connectivity index is 0.000000297. The van der Waals surface area contributed by atoms with Crippen LogP contribution in [0, 0.1) is 0 Å². The molecule has 0 atom stereocenters. The predicted molar refractivity (Wildman–Crippen MR) is 84.9 cm³/mol. The van der Waals surface area contributed by atoms with E-state index in [9.17, 15) is 4.79 Å². The van der Waals surface area contributed by atoms with Gasteiger partial charge >= 0.3 is 0 Å². The smallest absolute Gasteiger partial charge is 0.195 e. The lowest BCUT2D eigenvalue weighted by Crippen LogP contribution is -1.99. The van der Waals surface area contributed by atoms with Crippen LogP contribution in [0.1, 0.15) is 0 Å². The number of fused-ring (bicyclic) bond motifs is 2. The second-order valence-electron chi connectivity index (χ2n) is 3.95. The van der Waals surface area contributed by atoms with Crippen molar-refractivity contribution in [2.45, 2.75) is 0 Å². The second-order valence-corrected chi connectivity index (χ2v) is 5.03. The monoisotopic (exact) mass is 269 g/mol. The van der Waals surface area contributed by atoms with Crippen molar-refractivity contribution in [1.29, 1.82) is 0 Å². The fourth-order valence-electron chi connectivity index (χ4n) is 1.75. The maximum absolute atomic E-state index is 12.1. The van der Waals surface area contributed by atoms with Crippen LogP contribution in [0.2, 0.25) is 0 Å². The molecule has 0 spiro atoms. The van der Waals surface area contributed by atoms with E-state index in [1.807, 2.05) is 48.5 Å². The Kier molecular flexibility index (Phi) is 4.44. The topological polar surface area (TPSA) is 43.1 Å². The van der Waals surface area contributed by atoms with Crippen LogP contribution >= 0.6 is 11.3 Å². The van der Waals surface area contributed by atoms with E-state index in [1.54, 1.807) is 17.4 Å². The first-order chi connectivity index (χ1) is 9.27. The first-order valence-corrected chi connectivity index (χ1v) is 6.81. The molecule has 3 aromatic rings. The van der Waals surface area contributed by atoms with E-state index in [2.05, 4.69) is 6.58 Å². The van der Waals surface area contributed by atoms with Gasteiger partial charge in [0.25, 0.3) is 0 Å². The zero-order valence-electron chi connectivity index (χ0n) is 10.5. The van der Waals surface area contributed by atoms with E-state index >= 15 is 0 Å². The Morgan fingerprint density at radius 2 is 1.42 bits per heavy atom. The Bertz CT molecular complexity index is 704. The normalized spacial score (nSPS) is 9.95. The number of nitrogens with two attached hydrogens (primary N) is 1. The molecule has 3 heteroatoms. The van der Waals surface area contributed by atoms with Crippen molar-refractivity contribution in [2.75, 3.05) is 6.54 Å². The van der Waals surface area contributed by atoms with Crippen molar-refractivity contribution in [3.63, 3.8) is 0 Å². The third kappa shape index (κ3) is 2.89. The maximum Gasteiger partial charge on any atom is 0.195 e. The van der Waals surface area contributed by atoms with Gasteiger partial charge in [0, 0.05) is 26.7 Å². The van der Waals surface area contributed by atoms with Gasteiger partial charge in [-0.05, 0) is 24.3 Å². The van der Waals surface area contributed by atoms with Crippen molar-refractivity contribution in [3.8, 4) is 0 Å². The standard InChI is InChI=1S/C13H8OS.C3H7N/c14-13-9-5-1-3-7-11(9)15-12-8-4-2-6-10(12)13;1-2-3-4/h1-8H;2H,1,3-4H2. The molecule has 0 amide bonds. The number of rotatable bonds is 1. The fraction of sp³-hybridized carbons (Fsp3) is 0.0625. The molecule has 0 bridgehead atoms. The highest BCUT2D eigenvalue weighted by atomic mass is 32.1. The lowest BCUT2D eigenvalue weighted by Gasteiger charge is -1.99. The molecule has 19 heavy (non-hydrogen) atoms. The van der Waals surface area contributed by atoms with Crippen LogP contribution in [0.25, 0.3) is 20.2 Å². The van der Waals surface area contributed by atoms with E-state index in [0.717, 1.165) is 20.2 Å². The Hall–Kier alpha value is -1.97. The van der Waals surface area contributed by atoms with Crippen LogP contribution in [-0.2, 0) is 0 Å². The zero-order chi connectivity index (χ0) is 13.7. The number of benzene rings is 2. The van der Waals surface area contributed by atoms with Crippen LogP contribution < -0.4 is 11.2 Å². The molecule has 0 aliphatic rings. The van der Waals surface area contributed by atoms with Gasteiger partial charge in [0.05, 0.1) is 0 Å². The molecule has 0 unspecified atom stereocenters. The molecule has 2 nitrogen and oxygen atoms in total. The van der Waals surface area contributed by atoms with Gasteiger partial charge < -0.3 is 5.73 Å². The maximum atomic E-state index is 12.1. The minimum atomic E-state index is 0.139. The summed E-state index contributed by atoms with van der Waals surface area (Å²) in [5, 5.41) is 1.64. The molecule has 1 aromatic heterocycles. The van der Waals surface area contributed by atoms with Crippen molar-refractivity contribution in [1.82, 2.24) is 0 Å². The average molecular weight is 269 g/mol. The van der Waals surface area contributed by atoms with E-state index in [0.29, 0.717) is 6.54 Å². The molecule has 0 aliphatic heterocycles. The number of hydrogen-bond donors (Lipinski definition) is 1. The minimum Gasteiger partial charge on any atom is -0.327 e. The van der Waals surface area contributed by atoms with Gasteiger partial charge in [-0.3, -0.25) is 4.79 Å². The summed E-state index contributed by atoms with van der Waals surface area (Å²) in [7, 11) is 0. The van der Waals surface area contributed by atoms with Gasteiger partial charge in [-0.2, -0.15) is 0 Å². The van der Waals surface area contributed by atoms with Crippen LogP contribution in [0.5, 0.6) is 0 Å². The molecule has 0 saturated carbocycles. The summed E-state index contributed by atoms with van der Waals surface area (Å²) in [6.07, 6.45) is 1.65. The first kappa shape index (κ1) is 13.5. The first-order valence-electron chi connectivity index (χ1n) is 5.99. The van der Waals surface area contributed by atoms with Gasteiger partial charge in [-0.25, -0.2) is 0 Å². The lowest BCUT2D eigenvalue weighted by atomic mass is 10.2. The predicted octanol–water partition coefficient (Wildman–Crippen LogP) is 3.55. The van der Waals surface area contributed by atoms with Crippen molar-refractivity contribution in [2.24, 2.45) is 5.73 Å². The fourth-order valence-corrected chi connectivity index (χ4v) is 2.82. The van der Waals surface area contributed by atoms with Gasteiger partial charge in [-0.15, -0.1) is 17.9 Å². The summed E-state index contributed by atoms with van der Waals surface area (Å²) in [5.74, 6) is 0. The molecule has 1 heterocycles. The van der Waals surface area contributed by atoms with Gasteiger partial charge in [-0.1, -0.05) is 30.3 Å². The quantitative estimate of drug-likeness (QED) is 0.542. The van der Waals surface area contributed by atoms with Gasteiger partial charge in [0.15, 0.2) is 5.43 Å². The second kappa shape index (κ2) is 6.27. The van der Waals surface area contributed by atoms with E-state index in [-0.39, 0.29) is 5.43 Å². The van der Waals surface area contributed by atoms with Crippen molar-refractivity contribution < 1.29 is 0 Å². The highest BCUT2D eigenvalue weighted by Gasteiger charge is 2.03. The summed E-state index contributed by atoms with van der Waals surface area (Å²) < 4.78 is 2.11. The van der Waals surface area contributed by atoms with Crippen LogP contribution in [0.15, 0.2) is 66.0 Å². The van der Waals surface area contributed by atoms with Crippen LogP contribution in [0.3, 0.4) is 0 Å². The SMILES string of the molecule is C=CCN.O=c1c2ccccc2sc2ccccc12. The van der Waals surface area contributed by atoms with Crippen molar-refractivity contribution >= 4 is 31.5 Å². The minimum absolute atomic E-state index is 0.139. The molecule has 2 aromatic carbocycles. The summed E-state index contributed by atoms with van der Waals surface area (Å²) in [6, 6.07) is 15.5. The molecular formula is C16H15NOS. The molecule has 2 N–H and O–H groups in total. The summed E-state index contributed by atoms with van der Waals surface area (Å²) in [5.41, 5.74) is 5.05. The van der Waals surface area contributed by atoms with E-state index < -0.39 is 0 Å². The molecular weight excluding hydrogens is 254 g/mol. The number of hydrogen-bond acceptors (Lipinski definition) is 3. The Labute approximate surface area is 115 Å². The Morgan fingerprint density at radius 3 is 1.84 bits per heavy atom. The third-order valence-electron chi connectivity index (χ3n) is 2.65. The van der Waals surface area contributed by atoms with E-state index in [4.69, 9.17) is 5.73 Å². The largest absolute Gasteiger partial charge is 0.327 e. The molecule has 0 fully saturated rings. The van der Waals surface area contributed by atoms with Crippen LogP contribution in [0.4, 0.5) is 0 Å². The average Bonchev–Trinajstić information content (AvgIpc) is 2.48. The van der Waals surface area contributed by atoms with Gasteiger partial charge in [0.1, 0.15) is 0 Å². The molecule has 3 rings (SSSR count). The molecule has 0 radical (unpaired) electrons. The van der Waals surface area contributed by atoms with Gasteiger partial charge in [0.2, 0.25) is 0 Å². The lowest BCUT2D eigenvalue weighted by molar-refractivity contribution is 1.26. The molecule has 0 saturated heterocycles.